The number of ether oxygens (including phenoxy) is 1. The molecule has 0 aromatic heterocycles. The number of hydrogen-bond acceptors (Lipinski definition) is 2. The molecule has 2 nitrogen and oxygen atoms in total. The topological polar surface area (TPSA) is 35.2 Å². The van der Waals surface area contributed by atoms with Gasteiger partial charge in [-0.2, -0.15) is 0 Å². The van der Waals surface area contributed by atoms with Crippen LogP contribution in [0.2, 0.25) is 0 Å². The van der Waals surface area contributed by atoms with E-state index in [4.69, 9.17) is 10.5 Å². The fraction of sp³-hybridized carbons (Fsp3) is 0.571. The van der Waals surface area contributed by atoms with Crippen molar-refractivity contribution < 1.29 is 4.74 Å². The van der Waals surface area contributed by atoms with Crippen molar-refractivity contribution in [3.05, 3.63) is 28.2 Å². The number of benzene rings is 1. The van der Waals surface area contributed by atoms with Crippen molar-refractivity contribution >= 4 is 15.9 Å². The van der Waals surface area contributed by atoms with Crippen LogP contribution < -0.4 is 10.5 Å². The van der Waals surface area contributed by atoms with Crippen molar-refractivity contribution in [2.24, 2.45) is 11.7 Å². The van der Waals surface area contributed by atoms with Gasteiger partial charge in [-0.25, -0.2) is 0 Å². The molecule has 92 valence electrons. The van der Waals surface area contributed by atoms with E-state index in [1.54, 1.807) is 0 Å². The highest BCUT2D eigenvalue weighted by Gasteiger charge is 2.40. The minimum absolute atomic E-state index is 0.0850. The van der Waals surface area contributed by atoms with Gasteiger partial charge in [0.2, 0.25) is 0 Å². The summed E-state index contributed by atoms with van der Waals surface area (Å²) in [7, 11) is 0. The van der Waals surface area contributed by atoms with Crippen molar-refractivity contribution in [3.63, 3.8) is 0 Å². The standard InChI is InChI=1S/C14H18BrNO/c15-12-6-11(14(16)4-5-14)7-13(8-12)17-9-10-2-1-3-10/h6-8,10H,1-5,9,16H2. The van der Waals surface area contributed by atoms with Crippen molar-refractivity contribution in [1.82, 2.24) is 0 Å². The zero-order chi connectivity index (χ0) is 11.9. The summed E-state index contributed by atoms with van der Waals surface area (Å²) in [6.07, 6.45) is 6.18. The molecule has 0 spiro atoms. The lowest BCUT2D eigenvalue weighted by Crippen LogP contribution is -2.20. The lowest BCUT2D eigenvalue weighted by Gasteiger charge is -2.25. The third kappa shape index (κ3) is 2.50. The van der Waals surface area contributed by atoms with E-state index in [0.717, 1.165) is 35.6 Å². The molecule has 0 heterocycles. The summed E-state index contributed by atoms with van der Waals surface area (Å²) in [6.45, 7) is 0.855. The van der Waals surface area contributed by atoms with Crippen molar-refractivity contribution in [1.29, 1.82) is 0 Å². The summed E-state index contributed by atoms with van der Waals surface area (Å²) in [6, 6.07) is 6.26. The molecule has 0 unspecified atom stereocenters. The second kappa shape index (κ2) is 4.29. The Balaban J connectivity index is 1.72. The highest BCUT2D eigenvalue weighted by atomic mass is 79.9. The predicted octanol–water partition coefficient (Wildman–Crippen LogP) is 3.58. The van der Waals surface area contributed by atoms with Crippen LogP contribution >= 0.6 is 15.9 Å². The molecule has 1 aromatic rings. The van der Waals surface area contributed by atoms with E-state index >= 15 is 0 Å². The highest BCUT2D eigenvalue weighted by Crippen LogP contribution is 2.44. The monoisotopic (exact) mass is 295 g/mol. The average molecular weight is 296 g/mol. The smallest absolute Gasteiger partial charge is 0.120 e. The van der Waals surface area contributed by atoms with Crippen LogP contribution in [0.3, 0.4) is 0 Å². The zero-order valence-electron chi connectivity index (χ0n) is 9.92. The number of hydrogen-bond donors (Lipinski definition) is 1. The van der Waals surface area contributed by atoms with Crippen LogP contribution in [-0.2, 0) is 5.54 Å². The van der Waals surface area contributed by atoms with Crippen LogP contribution in [0.1, 0.15) is 37.7 Å². The maximum Gasteiger partial charge on any atom is 0.120 e. The van der Waals surface area contributed by atoms with E-state index in [1.807, 2.05) is 6.07 Å². The third-order valence-corrected chi connectivity index (χ3v) is 4.40. The van der Waals surface area contributed by atoms with E-state index in [-0.39, 0.29) is 5.54 Å². The van der Waals surface area contributed by atoms with Gasteiger partial charge < -0.3 is 10.5 Å². The normalized spacial score (nSPS) is 22.0. The van der Waals surface area contributed by atoms with E-state index in [1.165, 1.54) is 24.8 Å². The molecule has 2 aliphatic rings. The van der Waals surface area contributed by atoms with E-state index in [9.17, 15) is 0 Å². The van der Waals surface area contributed by atoms with Gasteiger partial charge in [-0.3, -0.25) is 0 Å². The molecule has 0 amide bonds. The third-order valence-electron chi connectivity index (χ3n) is 3.95. The molecule has 3 rings (SSSR count). The molecule has 0 atom stereocenters. The Morgan fingerprint density at radius 3 is 2.65 bits per heavy atom. The molecule has 0 aliphatic heterocycles. The van der Waals surface area contributed by atoms with Gasteiger partial charge in [-0.1, -0.05) is 22.4 Å². The molecular weight excluding hydrogens is 278 g/mol. The second-order valence-corrected chi connectivity index (χ2v) is 6.36. The minimum Gasteiger partial charge on any atom is -0.493 e. The van der Waals surface area contributed by atoms with Gasteiger partial charge in [0, 0.05) is 10.0 Å². The maximum absolute atomic E-state index is 6.22. The minimum atomic E-state index is -0.0850. The maximum atomic E-state index is 6.22. The van der Waals surface area contributed by atoms with Gasteiger partial charge >= 0.3 is 0 Å². The van der Waals surface area contributed by atoms with Gasteiger partial charge in [-0.05, 0) is 55.4 Å². The lowest BCUT2D eigenvalue weighted by molar-refractivity contribution is 0.180. The Labute approximate surface area is 111 Å². The molecule has 0 saturated heterocycles. The number of halogens is 1. The van der Waals surface area contributed by atoms with Crippen LogP contribution in [0.4, 0.5) is 0 Å². The van der Waals surface area contributed by atoms with Crippen molar-refractivity contribution in [2.75, 3.05) is 6.61 Å². The van der Waals surface area contributed by atoms with Crippen LogP contribution in [0, 0.1) is 5.92 Å². The Kier molecular flexibility index (Phi) is 2.91. The predicted molar refractivity (Wildman–Crippen MR) is 72.1 cm³/mol. The summed E-state index contributed by atoms with van der Waals surface area (Å²) < 4.78 is 6.93. The molecule has 2 aliphatic carbocycles. The zero-order valence-corrected chi connectivity index (χ0v) is 11.5. The summed E-state index contributed by atoms with van der Waals surface area (Å²) >= 11 is 3.54. The quantitative estimate of drug-likeness (QED) is 0.921. The van der Waals surface area contributed by atoms with E-state index < -0.39 is 0 Å². The summed E-state index contributed by atoms with van der Waals surface area (Å²) in [4.78, 5) is 0. The van der Waals surface area contributed by atoms with Gasteiger partial charge in [0.15, 0.2) is 0 Å². The first-order chi connectivity index (χ1) is 8.16. The van der Waals surface area contributed by atoms with Gasteiger partial charge in [0.25, 0.3) is 0 Å². The van der Waals surface area contributed by atoms with Crippen LogP contribution in [0.15, 0.2) is 22.7 Å². The first-order valence-corrected chi connectivity index (χ1v) is 7.18. The Morgan fingerprint density at radius 2 is 2.06 bits per heavy atom. The fourth-order valence-electron chi connectivity index (χ4n) is 2.23. The number of rotatable bonds is 4. The van der Waals surface area contributed by atoms with Gasteiger partial charge in [0.05, 0.1) is 6.61 Å². The Bertz CT molecular complexity index is 424. The molecule has 2 fully saturated rings. The van der Waals surface area contributed by atoms with Gasteiger partial charge in [0.1, 0.15) is 5.75 Å². The Morgan fingerprint density at radius 1 is 1.29 bits per heavy atom. The summed E-state index contributed by atoms with van der Waals surface area (Å²) in [5.41, 5.74) is 7.34. The molecule has 0 bridgehead atoms. The number of nitrogens with two attached hydrogens (primary N) is 1. The first-order valence-electron chi connectivity index (χ1n) is 6.38. The molecule has 2 saturated carbocycles. The second-order valence-electron chi connectivity index (χ2n) is 5.44. The highest BCUT2D eigenvalue weighted by molar-refractivity contribution is 9.10. The first kappa shape index (κ1) is 11.5. The van der Waals surface area contributed by atoms with E-state index in [2.05, 4.69) is 28.1 Å². The largest absolute Gasteiger partial charge is 0.493 e. The molecule has 1 aromatic carbocycles. The SMILES string of the molecule is NC1(c2cc(Br)cc(OCC3CCC3)c2)CC1. The van der Waals surface area contributed by atoms with Crippen molar-refractivity contribution in [2.45, 2.75) is 37.6 Å². The average Bonchev–Trinajstić information content (AvgIpc) is 2.95. The molecule has 2 N–H and O–H groups in total. The van der Waals surface area contributed by atoms with Crippen LogP contribution in [0.5, 0.6) is 5.75 Å². The van der Waals surface area contributed by atoms with E-state index in [0.29, 0.717) is 0 Å². The van der Waals surface area contributed by atoms with Crippen LogP contribution in [0.25, 0.3) is 0 Å². The molecule has 3 heteroatoms. The molecule has 17 heavy (non-hydrogen) atoms. The summed E-state index contributed by atoms with van der Waals surface area (Å²) in [5, 5.41) is 0. The fourth-order valence-corrected chi connectivity index (χ4v) is 2.70. The van der Waals surface area contributed by atoms with Crippen LogP contribution in [-0.4, -0.2) is 6.61 Å². The Hall–Kier alpha value is -0.540. The molecular formula is C14H18BrNO. The lowest BCUT2D eigenvalue weighted by atomic mass is 9.86. The van der Waals surface area contributed by atoms with Gasteiger partial charge in [-0.15, -0.1) is 0 Å². The molecule has 0 radical (unpaired) electrons. The van der Waals surface area contributed by atoms with Crippen molar-refractivity contribution in [3.8, 4) is 5.75 Å². The summed E-state index contributed by atoms with van der Waals surface area (Å²) in [5.74, 6) is 1.73.